The minimum absolute atomic E-state index is 0.175. The summed E-state index contributed by atoms with van der Waals surface area (Å²) in [7, 11) is -1.89. The van der Waals surface area contributed by atoms with Crippen molar-refractivity contribution in [2.75, 3.05) is 0 Å². The molecule has 2 aromatic heterocycles. The van der Waals surface area contributed by atoms with Crippen LogP contribution in [0.25, 0.3) is 0 Å². The van der Waals surface area contributed by atoms with Gasteiger partial charge in [0, 0.05) is 13.2 Å². The number of nitrogens with zero attached hydrogens (tertiary/aromatic N) is 4. The lowest BCUT2D eigenvalue weighted by Gasteiger charge is -2.02. The van der Waals surface area contributed by atoms with E-state index in [4.69, 9.17) is 0 Å². The molecule has 0 aliphatic rings. The highest BCUT2D eigenvalue weighted by Gasteiger charge is 2.22. The molecule has 0 aliphatic carbocycles. The fourth-order valence-electron chi connectivity index (χ4n) is 1.23. The van der Waals surface area contributed by atoms with Gasteiger partial charge in [0.1, 0.15) is 4.90 Å². The molecule has 0 aromatic carbocycles. The number of hydrogen-bond donors (Lipinski definition) is 0. The first-order valence-electron chi connectivity index (χ1n) is 4.27. The summed E-state index contributed by atoms with van der Waals surface area (Å²) < 4.78 is 26.4. The molecule has 0 fully saturated rings. The van der Waals surface area contributed by atoms with Crippen molar-refractivity contribution in [1.82, 2.24) is 19.0 Å². The van der Waals surface area contributed by atoms with E-state index in [1.165, 1.54) is 23.3 Å². The van der Waals surface area contributed by atoms with Crippen molar-refractivity contribution in [3.05, 3.63) is 30.4 Å². The van der Waals surface area contributed by atoms with Crippen LogP contribution in [-0.2, 0) is 17.1 Å². The summed E-state index contributed by atoms with van der Waals surface area (Å²) in [4.78, 5) is 0.175. The molecule has 0 unspecified atom stereocenters. The standard InChI is InChI=1S/C8H10N4O2S/c1-7-8(6-10-11(7)2)15(13,14)12-5-3-4-9-12/h3-6H,1-2H3. The maximum Gasteiger partial charge on any atom is 0.286 e. The largest absolute Gasteiger partial charge is 0.286 e. The number of hydrogen-bond acceptors (Lipinski definition) is 4. The molecule has 7 heteroatoms. The lowest BCUT2D eigenvalue weighted by molar-refractivity contribution is 0.579. The van der Waals surface area contributed by atoms with Crippen LogP contribution < -0.4 is 0 Å². The smallest absolute Gasteiger partial charge is 0.272 e. The van der Waals surface area contributed by atoms with Crippen LogP contribution >= 0.6 is 0 Å². The van der Waals surface area contributed by atoms with Gasteiger partial charge in [-0.1, -0.05) is 0 Å². The van der Waals surface area contributed by atoms with Crippen molar-refractivity contribution in [2.24, 2.45) is 7.05 Å². The molecule has 15 heavy (non-hydrogen) atoms. The third-order valence-electron chi connectivity index (χ3n) is 2.19. The van der Waals surface area contributed by atoms with E-state index < -0.39 is 10.0 Å². The van der Waals surface area contributed by atoms with Crippen LogP contribution in [0.15, 0.2) is 29.6 Å². The van der Waals surface area contributed by atoms with Gasteiger partial charge in [0.15, 0.2) is 0 Å². The number of aromatic nitrogens is 4. The summed E-state index contributed by atoms with van der Waals surface area (Å²) >= 11 is 0. The number of aryl methyl sites for hydroxylation is 1. The zero-order chi connectivity index (χ0) is 11.1. The van der Waals surface area contributed by atoms with E-state index in [1.54, 1.807) is 20.0 Å². The molecule has 0 spiro atoms. The van der Waals surface area contributed by atoms with Gasteiger partial charge in [0.25, 0.3) is 10.0 Å². The van der Waals surface area contributed by atoms with E-state index >= 15 is 0 Å². The van der Waals surface area contributed by atoms with E-state index in [0.29, 0.717) is 5.69 Å². The molecule has 0 N–H and O–H groups in total. The Bertz CT molecular complexity index is 568. The quantitative estimate of drug-likeness (QED) is 0.731. The monoisotopic (exact) mass is 226 g/mol. The molecule has 0 atom stereocenters. The molecule has 2 rings (SSSR count). The summed E-state index contributed by atoms with van der Waals surface area (Å²) in [5.41, 5.74) is 0.588. The van der Waals surface area contributed by atoms with Gasteiger partial charge in [0.05, 0.1) is 18.1 Å². The Morgan fingerprint density at radius 2 is 2.07 bits per heavy atom. The average Bonchev–Trinajstić information content (AvgIpc) is 2.78. The molecule has 2 aromatic rings. The Hall–Kier alpha value is -1.63. The third kappa shape index (κ3) is 1.44. The molecule has 80 valence electrons. The zero-order valence-corrected chi connectivity index (χ0v) is 9.14. The molecular weight excluding hydrogens is 216 g/mol. The Balaban J connectivity index is 2.62. The molecule has 0 saturated heterocycles. The average molecular weight is 226 g/mol. The highest BCUT2D eigenvalue weighted by Crippen LogP contribution is 2.15. The Morgan fingerprint density at radius 1 is 1.33 bits per heavy atom. The van der Waals surface area contributed by atoms with Crippen LogP contribution in [0.3, 0.4) is 0 Å². The first-order valence-corrected chi connectivity index (χ1v) is 5.71. The van der Waals surface area contributed by atoms with E-state index in [2.05, 4.69) is 10.2 Å². The molecule has 0 radical (unpaired) electrons. The molecule has 0 saturated carbocycles. The van der Waals surface area contributed by atoms with E-state index in [-0.39, 0.29) is 4.90 Å². The van der Waals surface area contributed by atoms with E-state index in [9.17, 15) is 8.42 Å². The maximum atomic E-state index is 12.0. The van der Waals surface area contributed by atoms with Gasteiger partial charge in [0.2, 0.25) is 0 Å². The van der Waals surface area contributed by atoms with Crippen LogP contribution in [0.2, 0.25) is 0 Å². The molecule has 0 aliphatic heterocycles. The topological polar surface area (TPSA) is 69.8 Å². The highest BCUT2D eigenvalue weighted by molar-refractivity contribution is 7.89. The summed E-state index contributed by atoms with van der Waals surface area (Å²) in [6, 6.07) is 1.56. The second-order valence-corrected chi connectivity index (χ2v) is 4.87. The third-order valence-corrected chi connectivity index (χ3v) is 3.86. The molecule has 0 amide bonds. The van der Waals surface area contributed by atoms with Crippen molar-refractivity contribution in [1.29, 1.82) is 0 Å². The van der Waals surface area contributed by atoms with Gasteiger partial charge in [-0.15, -0.1) is 0 Å². The molecule has 0 bridgehead atoms. The van der Waals surface area contributed by atoms with Crippen molar-refractivity contribution >= 4 is 10.0 Å². The van der Waals surface area contributed by atoms with Crippen molar-refractivity contribution in [2.45, 2.75) is 11.8 Å². The minimum Gasteiger partial charge on any atom is -0.272 e. The summed E-state index contributed by atoms with van der Waals surface area (Å²) in [6.07, 6.45) is 4.14. The minimum atomic E-state index is -3.58. The van der Waals surface area contributed by atoms with Crippen LogP contribution in [0.5, 0.6) is 0 Å². The fourth-order valence-corrected chi connectivity index (χ4v) is 2.53. The van der Waals surface area contributed by atoms with Gasteiger partial charge in [-0.25, -0.2) is 0 Å². The maximum absolute atomic E-state index is 12.0. The summed E-state index contributed by atoms with van der Waals surface area (Å²) in [6.45, 7) is 1.70. The first-order chi connectivity index (χ1) is 7.03. The van der Waals surface area contributed by atoms with Gasteiger partial charge < -0.3 is 0 Å². The molecular formula is C8H10N4O2S. The van der Waals surface area contributed by atoms with E-state index in [0.717, 1.165) is 4.09 Å². The van der Waals surface area contributed by atoms with Gasteiger partial charge in [-0.05, 0) is 13.0 Å². The Morgan fingerprint density at radius 3 is 2.53 bits per heavy atom. The second-order valence-electron chi connectivity index (χ2n) is 3.10. The Kier molecular flexibility index (Phi) is 2.11. The van der Waals surface area contributed by atoms with Gasteiger partial charge in [-0.2, -0.15) is 22.7 Å². The Labute approximate surface area is 87.2 Å². The molecule has 6 nitrogen and oxygen atoms in total. The summed E-state index contributed by atoms with van der Waals surface area (Å²) in [5, 5.41) is 7.60. The van der Waals surface area contributed by atoms with Crippen LogP contribution in [-0.4, -0.2) is 27.4 Å². The van der Waals surface area contributed by atoms with Crippen molar-refractivity contribution in [3.63, 3.8) is 0 Å². The van der Waals surface area contributed by atoms with E-state index in [1.807, 2.05) is 0 Å². The summed E-state index contributed by atoms with van der Waals surface area (Å²) in [5.74, 6) is 0. The van der Waals surface area contributed by atoms with Crippen LogP contribution in [0, 0.1) is 6.92 Å². The highest BCUT2D eigenvalue weighted by atomic mass is 32.2. The second kappa shape index (κ2) is 3.20. The SMILES string of the molecule is Cc1c(S(=O)(=O)n2cccn2)cnn1C. The van der Waals surface area contributed by atoms with Gasteiger partial charge in [-0.3, -0.25) is 4.68 Å². The molecule has 2 heterocycles. The lowest BCUT2D eigenvalue weighted by Crippen LogP contribution is -2.14. The fraction of sp³-hybridized carbons (Fsp3) is 0.250. The van der Waals surface area contributed by atoms with Crippen molar-refractivity contribution < 1.29 is 8.42 Å². The van der Waals surface area contributed by atoms with Crippen LogP contribution in [0.1, 0.15) is 5.69 Å². The predicted octanol–water partition coefficient (Wildman–Crippen LogP) is 0.162. The number of rotatable bonds is 2. The van der Waals surface area contributed by atoms with Crippen molar-refractivity contribution in [3.8, 4) is 0 Å². The predicted molar refractivity (Wildman–Crippen MR) is 52.8 cm³/mol. The van der Waals surface area contributed by atoms with Crippen LogP contribution in [0.4, 0.5) is 0 Å². The lowest BCUT2D eigenvalue weighted by atomic mass is 10.5. The first kappa shape index (κ1) is 9.91. The van der Waals surface area contributed by atoms with Gasteiger partial charge >= 0.3 is 0 Å². The zero-order valence-electron chi connectivity index (χ0n) is 8.32. The normalized spacial score (nSPS) is 11.9.